The van der Waals surface area contributed by atoms with Crippen LogP contribution in [-0.2, 0) is 6.18 Å². The smallest absolute Gasteiger partial charge is 0.338 e. The average Bonchev–Trinajstić information content (AvgIpc) is 3.51. The standard InChI is InChI=1S/C22H27F3N2O/c23-22(24,25)18-8-6-16(7-9-18)21(28)26-11-14-10-17(13-26)20-3-1-2-19(15-4-5-15)27(20)12-14/h6-9,14-15,17,19-20H,1-5,10-13H2/t14-,17+,19+,20-/m0/s1. The van der Waals surface area contributed by atoms with E-state index in [-0.39, 0.29) is 5.91 Å². The van der Waals surface area contributed by atoms with Crippen LogP contribution >= 0.6 is 0 Å². The highest BCUT2D eigenvalue weighted by molar-refractivity contribution is 5.94. The van der Waals surface area contributed by atoms with E-state index in [4.69, 9.17) is 0 Å². The maximum atomic E-state index is 13.0. The number of carbonyl (C=O) groups is 1. The topological polar surface area (TPSA) is 23.6 Å². The molecule has 4 aliphatic rings. The van der Waals surface area contributed by atoms with Gasteiger partial charge in [0.15, 0.2) is 0 Å². The second-order valence-electron chi connectivity index (χ2n) is 9.25. The van der Waals surface area contributed by atoms with Gasteiger partial charge in [0.2, 0.25) is 0 Å². The highest BCUT2D eigenvalue weighted by Gasteiger charge is 2.48. The number of rotatable bonds is 2. The Hall–Kier alpha value is -1.56. The molecule has 3 nitrogen and oxygen atoms in total. The molecule has 0 aromatic heterocycles. The van der Waals surface area contributed by atoms with Crippen LogP contribution in [0.25, 0.3) is 0 Å². The molecule has 1 aromatic rings. The Balaban J connectivity index is 1.30. The fourth-order valence-electron chi connectivity index (χ4n) is 5.98. The fraction of sp³-hybridized carbons (Fsp3) is 0.682. The van der Waals surface area contributed by atoms with Gasteiger partial charge in [-0.2, -0.15) is 13.2 Å². The van der Waals surface area contributed by atoms with Crippen molar-refractivity contribution >= 4 is 5.91 Å². The summed E-state index contributed by atoms with van der Waals surface area (Å²) in [5.74, 6) is 1.78. The Morgan fingerprint density at radius 3 is 2.21 bits per heavy atom. The molecular formula is C22H27F3N2O. The zero-order valence-electron chi connectivity index (χ0n) is 16.0. The van der Waals surface area contributed by atoms with Crippen LogP contribution in [0.15, 0.2) is 24.3 Å². The van der Waals surface area contributed by atoms with Crippen LogP contribution in [0.4, 0.5) is 13.2 Å². The minimum atomic E-state index is -4.37. The number of benzene rings is 1. The van der Waals surface area contributed by atoms with E-state index in [1.807, 2.05) is 4.90 Å². The molecule has 3 aliphatic heterocycles. The molecule has 28 heavy (non-hydrogen) atoms. The molecule has 3 heterocycles. The molecule has 0 unspecified atom stereocenters. The van der Waals surface area contributed by atoms with Crippen LogP contribution in [0, 0.1) is 17.8 Å². The monoisotopic (exact) mass is 392 g/mol. The number of nitrogens with zero attached hydrogens (tertiary/aromatic N) is 2. The van der Waals surface area contributed by atoms with Crippen molar-refractivity contribution in [1.82, 2.24) is 9.80 Å². The van der Waals surface area contributed by atoms with Gasteiger partial charge in [0.1, 0.15) is 0 Å². The quantitative estimate of drug-likeness (QED) is 0.743. The van der Waals surface area contributed by atoms with Crippen LogP contribution in [0.5, 0.6) is 0 Å². The van der Waals surface area contributed by atoms with Crippen LogP contribution in [-0.4, -0.2) is 47.4 Å². The number of hydrogen-bond donors (Lipinski definition) is 0. The lowest BCUT2D eigenvalue weighted by Crippen LogP contribution is -2.62. The molecule has 0 N–H and O–H groups in total. The van der Waals surface area contributed by atoms with Crippen molar-refractivity contribution in [3.05, 3.63) is 35.4 Å². The Morgan fingerprint density at radius 2 is 1.57 bits per heavy atom. The number of piperidine rings is 3. The number of likely N-dealkylation sites (tertiary alicyclic amines) is 1. The summed E-state index contributed by atoms with van der Waals surface area (Å²) in [5, 5.41) is 0. The third kappa shape index (κ3) is 3.34. The van der Waals surface area contributed by atoms with E-state index in [1.54, 1.807) is 0 Å². The molecule has 1 saturated carbocycles. The van der Waals surface area contributed by atoms with Gasteiger partial charge in [0.25, 0.3) is 5.91 Å². The van der Waals surface area contributed by atoms with Crippen molar-refractivity contribution in [3.8, 4) is 0 Å². The second-order valence-corrected chi connectivity index (χ2v) is 9.25. The molecule has 5 rings (SSSR count). The molecule has 1 aliphatic carbocycles. The van der Waals surface area contributed by atoms with E-state index in [1.165, 1.54) is 50.7 Å². The van der Waals surface area contributed by atoms with E-state index < -0.39 is 11.7 Å². The van der Waals surface area contributed by atoms with Gasteiger partial charge >= 0.3 is 6.18 Å². The number of fused-ring (bicyclic) bond motifs is 4. The summed E-state index contributed by atoms with van der Waals surface area (Å²) in [6.07, 6.45) is 3.42. The summed E-state index contributed by atoms with van der Waals surface area (Å²) in [7, 11) is 0. The highest BCUT2D eigenvalue weighted by Crippen LogP contribution is 2.46. The Kier molecular flexibility index (Phi) is 4.45. The van der Waals surface area contributed by atoms with Gasteiger partial charge in [-0.1, -0.05) is 6.42 Å². The third-order valence-electron chi connectivity index (χ3n) is 7.35. The van der Waals surface area contributed by atoms with E-state index in [9.17, 15) is 18.0 Å². The van der Waals surface area contributed by atoms with Gasteiger partial charge in [0, 0.05) is 37.3 Å². The Bertz CT molecular complexity index is 743. The first-order valence-electron chi connectivity index (χ1n) is 10.6. The van der Waals surface area contributed by atoms with E-state index in [0.29, 0.717) is 23.4 Å². The first-order chi connectivity index (χ1) is 13.4. The number of alkyl halides is 3. The van der Waals surface area contributed by atoms with Crippen LogP contribution < -0.4 is 0 Å². The molecular weight excluding hydrogens is 365 g/mol. The fourth-order valence-corrected chi connectivity index (χ4v) is 5.98. The molecule has 152 valence electrons. The molecule has 6 heteroatoms. The lowest BCUT2D eigenvalue weighted by Gasteiger charge is -2.55. The molecule has 0 radical (unpaired) electrons. The minimum absolute atomic E-state index is 0.119. The van der Waals surface area contributed by atoms with Crippen molar-refractivity contribution in [2.75, 3.05) is 19.6 Å². The summed E-state index contributed by atoms with van der Waals surface area (Å²) in [4.78, 5) is 17.6. The molecule has 1 aromatic carbocycles. The van der Waals surface area contributed by atoms with Crippen molar-refractivity contribution in [1.29, 1.82) is 0 Å². The normalized spacial score (nSPS) is 33.5. The average molecular weight is 392 g/mol. The van der Waals surface area contributed by atoms with Crippen molar-refractivity contribution < 1.29 is 18.0 Å². The predicted octanol–water partition coefficient (Wildman–Crippen LogP) is 4.43. The Morgan fingerprint density at radius 1 is 0.893 bits per heavy atom. The lowest BCUT2D eigenvalue weighted by atomic mass is 9.74. The maximum Gasteiger partial charge on any atom is 0.416 e. The van der Waals surface area contributed by atoms with Crippen LogP contribution in [0.1, 0.15) is 54.4 Å². The van der Waals surface area contributed by atoms with Gasteiger partial charge in [-0.25, -0.2) is 0 Å². The van der Waals surface area contributed by atoms with Crippen LogP contribution in [0.2, 0.25) is 0 Å². The predicted molar refractivity (Wildman–Crippen MR) is 99.8 cm³/mol. The van der Waals surface area contributed by atoms with E-state index in [0.717, 1.165) is 43.7 Å². The van der Waals surface area contributed by atoms with Crippen LogP contribution in [0.3, 0.4) is 0 Å². The zero-order chi connectivity index (χ0) is 19.5. The maximum absolute atomic E-state index is 13.0. The summed E-state index contributed by atoms with van der Waals surface area (Å²) in [6.45, 7) is 2.56. The van der Waals surface area contributed by atoms with Gasteiger partial charge in [-0.05, 0) is 74.1 Å². The summed E-state index contributed by atoms with van der Waals surface area (Å²) >= 11 is 0. The summed E-state index contributed by atoms with van der Waals surface area (Å²) in [6, 6.07) is 6.01. The minimum Gasteiger partial charge on any atom is -0.338 e. The first-order valence-corrected chi connectivity index (χ1v) is 10.6. The molecule has 3 saturated heterocycles. The number of hydrogen-bond acceptors (Lipinski definition) is 2. The van der Waals surface area contributed by atoms with E-state index >= 15 is 0 Å². The lowest BCUT2D eigenvalue weighted by molar-refractivity contribution is -0.137. The van der Waals surface area contributed by atoms with Gasteiger partial charge in [-0.3, -0.25) is 9.69 Å². The molecule has 4 fully saturated rings. The SMILES string of the molecule is O=C(c1ccc(C(F)(F)F)cc1)N1C[C@@H]2C[C@H](C1)[C@@H]1CCC[C@H](C3CC3)N1C2. The summed E-state index contributed by atoms with van der Waals surface area (Å²) in [5.41, 5.74) is -0.340. The largest absolute Gasteiger partial charge is 0.416 e. The van der Waals surface area contributed by atoms with Crippen molar-refractivity contribution in [2.45, 2.75) is 56.8 Å². The van der Waals surface area contributed by atoms with Gasteiger partial charge < -0.3 is 4.90 Å². The van der Waals surface area contributed by atoms with Gasteiger partial charge in [0.05, 0.1) is 5.56 Å². The van der Waals surface area contributed by atoms with Crippen molar-refractivity contribution in [3.63, 3.8) is 0 Å². The van der Waals surface area contributed by atoms with Crippen molar-refractivity contribution in [2.24, 2.45) is 17.8 Å². The first kappa shape index (κ1) is 18.5. The second kappa shape index (κ2) is 6.75. The number of carbonyl (C=O) groups excluding carboxylic acids is 1. The molecule has 4 atom stereocenters. The molecule has 2 bridgehead atoms. The van der Waals surface area contributed by atoms with E-state index in [2.05, 4.69) is 4.90 Å². The highest BCUT2D eigenvalue weighted by atomic mass is 19.4. The Labute approximate surface area is 163 Å². The number of halogens is 3. The van der Waals surface area contributed by atoms with Gasteiger partial charge in [-0.15, -0.1) is 0 Å². The molecule has 0 spiro atoms. The third-order valence-corrected chi connectivity index (χ3v) is 7.35. The number of amides is 1. The molecule has 1 amide bonds. The summed E-state index contributed by atoms with van der Waals surface area (Å²) < 4.78 is 38.3. The zero-order valence-corrected chi connectivity index (χ0v) is 16.0.